The molecule has 0 saturated carbocycles. The second-order valence-corrected chi connectivity index (χ2v) is 13.6. The molecule has 4 rings (SSSR count). The lowest BCUT2D eigenvalue weighted by Crippen LogP contribution is -2.56. The van der Waals surface area contributed by atoms with E-state index in [1.54, 1.807) is 18.2 Å². The normalized spacial score (nSPS) is 12.3. The molecule has 0 aliphatic rings. The van der Waals surface area contributed by atoms with Gasteiger partial charge in [-0.15, -0.1) is 0 Å². The summed E-state index contributed by atoms with van der Waals surface area (Å²) in [4.78, 5) is 29.6. The first kappa shape index (κ1) is 32.4. The Morgan fingerprint density at radius 1 is 0.818 bits per heavy atom. The topological polar surface area (TPSA) is 86.8 Å². The molecule has 0 aromatic heterocycles. The molecule has 0 aliphatic heterocycles. The van der Waals surface area contributed by atoms with Gasteiger partial charge in [-0.2, -0.15) is 0 Å². The number of rotatable bonds is 11. The number of nitrogens with zero attached hydrogens (tertiary/aromatic N) is 2. The highest BCUT2D eigenvalue weighted by molar-refractivity contribution is 7.92. The predicted molar refractivity (Wildman–Crippen MR) is 171 cm³/mol. The monoisotopic (exact) mass is 615 g/mol. The van der Waals surface area contributed by atoms with Gasteiger partial charge in [0.15, 0.2) is 0 Å². The second-order valence-electron chi connectivity index (χ2n) is 11.7. The zero-order valence-corrected chi connectivity index (χ0v) is 26.2. The van der Waals surface area contributed by atoms with Crippen molar-refractivity contribution in [3.05, 3.63) is 132 Å². The third-order valence-electron chi connectivity index (χ3n) is 6.94. The molecule has 7 nitrogen and oxygen atoms in total. The minimum Gasteiger partial charge on any atom is -0.350 e. The van der Waals surface area contributed by atoms with Crippen molar-refractivity contribution in [2.45, 2.75) is 57.1 Å². The summed E-state index contributed by atoms with van der Waals surface area (Å²) in [5.41, 5.74) is 1.70. The van der Waals surface area contributed by atoms with E-state index < -0.39 is 39.9 Å². The Balaban J connectivity index is 1.82. The Hall–Kier alpha value is -4.50. The van der Waals surface area contributed by atoms with Gasteiger partial charge in [0.2, 0.25) is 11.8 Å². The van der Waals surface area contributed by atoms with Crippen molar-refractivity contribution in [3.63, 3.8) is 0 Å². The first-order chi connectivity index (χ1) is 20.8. The molecule has 1 atom stereocenters. The Bertz CT molecular complexity index is 1690. The molecule has 0 saturated heterocycles. The van der Waals surface area contributed by atoms with Gasteiger partial charge in [-0.05, 0) is 63.1 Å². The molecule has 0 bridgehead atoms. The van der Waals surface area contributed by atoms with Crippen LogP contribution < -0.4 is 9.62 Å². The highest BCUT2D eigenvalue weighted by Gasteiger charge is 2.36. The van der Waals surface area contributed by atoms with Crippen molar-refractivity contribution in [2.75, 3.05) is 10.8 Å². The minimum atomic E-state index is -4.37. The van der Waals surface area contributed by atoms with E-state index in [1.807, 2.05) is 82.3 Å². The van der Waals surface area contributed by atoms with Crippen molar-refractivity contribution >= 4 is 27.5 Å². The van der Waals surface area contributed by atoms with Gasteiger partial charge in [0, 0.05) is 18.5 Å². The Morgan fingerprint density at radius 3 is 2.02 bits per heavy atom. The van der Waals surface area contributed by atoms with Crippen LogP contribution in [-0.4, -0.2) is 43.3 Å². The number of carbonyl (C=O) groups excluding carboxylic acids is 2. The molecule has 2 amide bonds. The average Bonchev–Trinajstić information content (AvgIpc) is 2.98. The van der Waals surface area contributed by atoms with Crippen LogP contribution in [0.25, 0.3) is 0 Å². The predicted octanol–water partition coefficient (Wildman–Crippen LogP) is 5.88. The van der Waals surface area contributed by atoms with Gasteiger partial charge < -0.3 is 10.2 Å². The summed E-state index contributed by atoms with van der Waals surface area (Å²) < 4.78 is 43.9. The van der Waals surface area contributed by atoms with Crippen LogP contribution in [0, 0.1) is 12.7 Å². The molecule has 0 heterocycles. The number of halogens is 1. The maximum Gasteiger partial charge on any atom is 0.264 e. The number of para-hydroxylation sites is 1. The largest absolute Gasteiger partial charge is 0.350 e. The molecule has 230 valence electrons. The molecule has 1 N–H and O–H groups in total. The van der Waals surface area contributed by atoms with Crippen molar-refractivity contribution in [1.29, 1.82) is 0 Å². The van der Waals surface area contributed by atoms with E-state index in [9.17, 15) is 18.0 Å². The number of nitrogens with one attached hydrogen (secondary N) is 1. The molecule has 44 heavy (non-hydrogen) atoms. The number of amides is 2. The number of hydrogen-bond acceptors (Lipinski definition) is 4. The molecule has 1 unspecified atom stereocenters. The minimum absolute atomic E-state index is 0.0338. The fourth-order valence-corrected chi connectivity index (χ4v) is 6.34. The van der Waals surface area contributed by atoms with Gasteiger partial charge in [0.25, 0.3) is 10.0 Å². The van der Waals surface area contributed by atoms with E-state index >= 15 is 4.39 Å². The number of sulfonamides is 1. The molecular formula is C35H38FN3O4S. The lowest BCUT2D eigenvalue weighted by atomic mass is 10.0. The Labute approximate surface area is 259 Å². The number of anilines is 1. The van der Waals surface area contributed by atoms with E-state index in [0.29, 0.717) is 0 Å². The standard InChI is InChI=1S/C35H38FN3O4S/c1-26-14-13-17-28(22-26)24-38(32(34(41)37-35(2,3)4)23-27-15-7-5-8-16-27)33(40)25-39(31-21-12-11-20-30(31)36)44(42,43)29-18-9-6-10-19-29/h5-22,32H,23-25H2,1-4H3,(H,37,41). The smallest absolute Gasteiger partial charge is 0.264 e. The van der Waals surface area contributed by atoms with E-state index in [2.05, 4.69) is 5.32 Å². The lowest BCUT2D eigenvalue weighted by molar-refractivity contribution is -0.140. The van der Waals surface area contributed by atoms with Crippen molar-refractivity contribution in [2.24, 2.45) is 0 Å². The Morgan fingerprint density at radius 2 is 1.41 bits per heavy atom. The van der Waals surface area contributed by atoms with Gasteiger partial charge in [-0.3, -0.25) is 13.9 Å². The fraction of sp³-hybridized carbons (Fsp3) is 0.257. The maximum absolute atomic E-state index is 15.2. The van der Waals surface area contributed by atoms with Gasteiger partial charge in [-0.25, -0.2) is 12.8 Å². The van der Waals surface area contributed by atoms with E-state index in [0.717, 1.165) is 27.1 Å². The summed E-state index contributed by atoms with van der Waals surface area (Å²) in [5, 5.41) is 3.00. The maximum atomic E-state index is 15.2. The molecule has 0 spiro atoms. The molecule has 4 aromatic carbocycles. The molecular weight excluding hydrogens is 577 g/mol. The van der Waals surface area contributed by atoms with E-state index in [4.69, 9.17) is 0 Å². The summed E-state index contributed by atoms with van der Waals surface area (Å²) in [6.45, 7) is 6.79. The van der Waals surface area contributed by atoms with Crippen LogP contribution in [0.1, 0.15) is 37.5 Å². The third-order valence-corrected chi connectivity index (χ3v) is 8.71. The summed E-state index contributed by atoms with van der Waals surface area (Å²) in [6, 6.07) is 28.9. The van der Waals surface area contributed by atoms with Crippen LogP contribution in [0.2, 0.25) is 0 Å². The zero-order valence-electron chi connectivity index (χ0n) is 25.4. The fourth-order valence-electron chi connectivity index (χ4n) is 4.90. The number of benzene rings is 4. The van der Waals surface area contributed by atoms with Crippen LogP contribution in [0.4, 0.5) is 10.1 Å². The van der Waals surface area contributed by atoms with Crippen LogP contribution in [0.3, 0.4) is 0 Å². The van der Waals surface area contributed by atoms with Crippen LogP contribution in [0.15, 0.2) is 114 Å². The summed E-state index contributed by atoms with van der Waals surface area (Å²) in [6.07, 6.45) is 0.186. The van der Waals surface area contributed by atoms with Crippen molar-refractivity contribution in [3.8, 4) is 0 Å². The van der Waals surface area contributed by atoms with E-state index in [-0.39, 0.29) is 29.5 Å². The summed E-state index contributed by atoms with van der Waals surface area (Å²) in [5.74, 6) is -1.83. The summed E-state index contributed by atoms with van der Waals surface area (Å²) in [7, 11) is -4.37. The summed E-state index contributed by atoms with van der Waals surface area (Å²) >= 11 is 0. The highest BCUT2D eigenvalue weighted by atomic mass is 32.2. The van der Waals surface area contributed by atoms with Crippen LogP contribution in [0.5, 0.6) is 0 Å². The number of aryl methyl sites for hydroxylation is 1. The molecule has 9 heteroatoms. The molecule has 4 aromatic rings. The molecule has 0 radical (unpaired) electrons. The second kappa shape index (κ2) is 13.9. The highest BCUT2D eigenvalue weighted by Crippen LogP contribution is 2.27. The first-order valence-corrected chi connectivity index (χ1v) is 15.8. The molecule has 0 aliphatic carbocycles. The zero-order chi connectivity index (χ0) is 31.9. The SMILES string of the molecule is Cc1cccc(CN(C(=O)CN(c2ccccc2F)S(=O)(=O)c2ccccc2)C(Cc2ccccc2)C(=O)NC(C)(C)C)c1. The van der Waals surface area contributed by atoms with Gasteiger partial charge in [-0.1, -0.05) is 90.5 Å². The van der Waals surface area contributed by atoms with Gasteiger partial charge in [0.05, 0.1) is 10.6 Å². The first-order valence-electron chi connectivity index (χ1n) is 14.4. The Kier molecular flexibility index (Phi) is 10.2. The van der Waals surface area contributed by atoms with Crippen LogP contribution in [-0.2, 0) is 32.6 Å². The van der Waals surface area contributed by atoms with Gasteiger partial charge in [0.1, 0.15) is 18.4 Å². The van der Waals surface area contributed by atoms with Crippen LogP contribution >= 0.6 is 0 Å². The van der Waals surface area contributed by atoms with Gasteiger partial charge >= 0.3 is 0 Å². The van der Waals surface area contributed by atoms with Crippen molar-refractivity contribution in [1.82, 2.24) is 10.2 Å². The number of carbonyl (C=O) groups is 2. The average molecular weight is 616 g/mol. The molecule has 0 fully saturated rings. The van der Waals surface area contributed by atoms with Crippen molar-refractivity contribution < 1.29 is 22.4 Å². The lowest BCUT2D eigenvalue weighted by Gasteiger charge is -2.35. The third kappa shape index (κ3) is 8.32. The number of hydrogen-bond donors (Lipinski definition) is 1. The van der Waals surface area contributed by atoms with E-state index in [1.165, 1.54) is 35.2 Å². The quantitative estimate of drug-likeness (QED) is 0.228.